The van der Waals surface area contributed by atoms with E-state index in [2.05, 4.69) is 96.8 Å². The fourth-order valence-corrected chi connectivity index (χ4v) is 6.60. The fraction of sp³-hybridized carbons (Fsp3) is 0.0526. The molecule has 0 aliphatic heterocycles. The summed E-state index contributed by atoms with van der Waals surface area (Å²) >= 11 is -1.90. The first-order valence-corrected chi connectivity index (χ1v) is 9.63. The van der Waals surface area contributed by atoms with Gasteiger partial charge in [-0.25, -0.2) is 0 Å². The van der Waals surface area contributed by atoms with E-state index in [-0.39, 0.29) is 12.4 Å². The number of rotatable bonds is 3. The van der Waals surface area contributed by atoms with Crippen LogP contribution in [-0.2, 0) is 12.8 Å². The van der Waals surface area contributed by atoms with Gasteiger partial charge in [-0.2, -0.15) is 0 Å². The molecule has 0 saturated carbocycles. The standard InChI is InChI=1S/3C6H5.CH3.ClH.Mn/c3*1-2-4-6-5-3-1;;;/h3*1-5H;1H3;1H;/q;;;;;+1/p-1. The molecule has 0 unspecified atom stereocenters. The second kappa shape index (κ2) is 6.95. The maximum Gasteiger partial charge on any atom is -1.00 e. The maximum atomic E-state index is 2.44. The van der Waals surface area contributed by atoms with E-state index in [1.165, 1.54) is 13.4 Å². The van der Waals surface area contributed by atoms with Crippen molar-refractivity contribution in [3.05, 3.63) is 91.0 Å². The van der Waals surface area contributed by atoms with Crippen LogP contribution in [0.3, 0.4) is 0 Å². The zero-order valence-electron chi connectivity index (χ0n) is 11.9. The Morgan fingerprint density at radius 3 is 0.952 bits per heavy atom. The molecule has 0 aliphatic carbocycles. The Bertz CT molecular complexity index is 569. The van der Waals surface area contributed by atoms with Crippen molar-refractivity contribution >= 4 is 13.4 Å². The van der Waals surface area contributed by atoms with Gasteiger partial charge < -0.3 is 12.4 Å². The van der Waals surface area contributed by atoms with E-state index in [0.29, 0.717) is 0 Å². The molecule has 0 saturated heterocycles. The summed E-state index contributed by atoms with van der Waals surface area (Å²) in [6.45, 7) is 0. The van der Waals surface area contributed by atoms with E-state index in [9.17, 15) is 0 Å². The van der Waals surface area contributed by atoms with Crippen LogP contribution in [0.4, 0.5) is 0 Å². The van der Waals surface area contributed by atoms with Crippen molar-refractivity contribution in [2.24, 2.45) is 0 Å². The van der Waals surface area contributed by atoms with Crippen LogP contribution >= 0.6 is 0 Å². The molecule has 0 atom stereocenters. The van der Waals surface area contributed by atoms with Crippen LogP contribution in [0.15, 0.2) is 91.0 Å². The van der Waals surface area contributed by atoms with E-state index in [0.717, 1.165) is 0 Å². The van der Waals surface area contributed by atoms with Gasteiger partial charge in [0.25, 0.3) is 0 Å². The third-order valence-corrected chi connectivity index (χ3v) is 8.78. The second-order valence-electron chi connectivity index (χ2n) is 4.74. The van der Waals surface area contributed by atoms with Crippen LogP contribution in [0.5, 0.6) is 0 Å². The van der Waals surface area contributed by atoms with Crippen LogP contribution in [-0.4, -0.2) is 0 Å². The average Bonchev–Trinajstić information content (AvgIpc) is 2.56. The molecular weight excluding hydrogens is 319 g/mol. The maximum absolute atomic E-state index is 2.44. The molecule has 0 amide bonds. The molecule has 21 heavy (non-hydrogen) atoms. The molecule has 0 bridgehead atoms. The van der Waals surface area contributed by atoms with Crippen molar-refractivity contribution < 1.29 is 25.3 Å². The van der Waals surface area contributed by atoms with Gasteiger partial charge in [-0.05, 0) is 0 Å². The molecule has 2 heteroatoms. The van der Waals surface area contributed by atoms with Crippen molar-refractivity contribution in [2.75, 3.05) is 0 Å². The molecule has 0 heterocycles. The van der Waals surface area contributed by atoms with Gasteiger partial charge in [0.05, 0.1) is 0 Å². The van der Waals surface area contributed by atoms with Gasteiger partial charge in [-0.3, -0.25) is 0 Å². The van der Waals surface area contributed by atoms with Gasteiger partial charge >= 0.3 is 123 Å². The summed E-state index contributed by atoms with van der Waals surface area (Å²) in [4.78, 5) is 0. The van der Waals surface area contributed by atoms with Crippen LogP contribution in [0.2, 0.25) is 5.82 Å². The summed E-state index contributed by atoms with van der Waals surface area (Å²) in [5, 5.41) is 0. The molecule has 0 N–H and O–H groups in total. The fourth-order valence-electron chi connectivity index (χ4n) is 2.38. The van der Waals surface area contributed by atoms with Crippen molar-refractivity contribution in [1.29, 1.82) is 0 Å². The summed E-state index contributed by atoms with van der Waals surface area (Å²) in [6, 6.07) is 32.8. The molecular formula is C19H18ClMn. The predicted molar refractivity (Wildman–Crippen MR) is 84.1 cm³/mol. The minimum absolute atomic E-state index is 0. The molecule has 0 fully saturated rings. The van der Waals surface area contributed by atoms with Gasteiger partial charge in [-0.1, -0.05) is 0 Å². The zero-order valence-corrected chi connectivity index (χ0v) is 13.9. The van der Waals surface area contributed by atoms with Crippen molar-refractivity contribution in [1.82, 2.24) is 0 Å². The van der Waals surface area contributed by atoms with Gasteiger partial charge in [0.1, 0.15) is 0 Å². The van der Waals surface area contributed by atoms with Crippen molar-refractivity contribution in [2.45, 2.75) is 5.82 Å². The Labute approximate surface area is 135 Å². The molecule has 3 aromatic rings. The Kier molecular flexibility index (Phi) is 5.25. The monoisotopic (exact) mass is 336 g/mol. The number of benzene rings is 3. The first-order valence-electron chi connectivity index (χ1n) is 6.68. The number of hydrogen-bond acceptors (Lipinski definition) is 0. The molecule has 3 aromatic carbocycles. The Balaban J connectivity index is 0.00000161. The van der Waals surface area contributed by atoms with Crippen LogP contribution in [0.25, 0.3) is 0 Å². The first-order chi connectivity index (χ1) is 9.82. The number of hydrogen-bond donors (Lipinski definition) is 0. The number of halogens is 1. The Hall–Kier alpha value is -1.53. The average molecular weight is 337 g/mol. The van der Waals surface area contributed by atoms with Crippen LogP contribution < -0.4 is 25.8 Å². The minimum Gasteiger partial charge on any atom is -1.00 e. The van der Waals surface area contributed by atoms with Gasteiger partial charge in [0.15, 0.2) is 0 Å². The topological polar surface area (TPSA) is 0 Å². The second-order valence-corrected chi connectivity index (χ2v) is 9.44. The quantitative estimate of drug-likeness (QED) is 0.598. The molecule has 0 spiro atoms. The Morgan fingerprint density at radius 1 is 0.476 bits per heavy atom. The van der Waals surface area contributed by atoms with Gasteiger partial charge in [0, 0.05) is 0 Å². The first kappa shape index (κ1) is 15.9. The summed E-state index contributed by atoms with van der Waals surface area (Å²) in [5.41, 5.74) is 0. The summed E-state index contributed by atoms with van der Waals surface area (Å²) in [5.74, 6) is 2.44. The smallest absolute Gasteiger partial charge is 1.00 e. The van der Waals surface area contributed by atoms with Crippen molar-refractivity contribution in [3.8, 4) is 0 Å². The van der Waals surface area contributed by atoms with Crippen LogP contribution in [0, 0.1) is 0 Å². The minimum atomic E-state index is -1.90. The largest absolute Gasteiger partial charge is 1.00 e. The Morgan fingerprint density at radius 2 is 0.714 bits per heavy atom. The zero-order chi connectivity index (χ0) is 13.8. The third-order valence-electron chi connectivity index (χ3n) is 3.51. The SMILES string of the molecule is [CH3][Mn+]([c]1ccccc1)([c]1ccccc1)[c]1ccccc1.[Cl-]. The van der Waals surface area contributed by atoms with E-state index >= 15 is 0 Å². The van der Waals surface area contributed by atoms with E-state index in [4.69, 9.17) is 0 Å². The summed E-state index contributed by atoms with van der Waals surface area (Å²) in [6.07, 6.45) is 0. The molecule has 3 rings (SSSR count). The third kappa shape index (κ3) is 3.06. The van der Waals surface area contributed by atoms with Crippen molar-refractivity contribution in [3.63, 3.8) is 0 Å². The molecule has 0 nitrogen and oxygen atoms in total. The molecule has 0 aliphatic rings. The predicted octanol–water partition coefficient (Wildman–Crippen LogP) is 0.169. The molecule has 108 valence electrons. The van der Waals surface area contributed by atoms with Gasteiger partial charge in [-0.15, -0.1) is 0 Å². The normalized spacial score (nSPS) is 11.5. The van der Waals surface area contributed by atoms with E-state index in [1.54, 1.807) is 0 Å². The van der Waals surface area contributed by atoms with E-state index < -0.39 is 12.8 Å². The van der Waals surface area contributed by atoms with E-state index in [1.807, 2.05) is 0 Å². The van der Waals surface area contributed by atoms with Crippen LogP contribution in [0.1, 0.15) is 0 Å². The van der Waals surface area contributed by atoms with Gasteiger partial charge in [0.2, 0.25) is 0 Å². The molecule has 0 radical (unpaired) electrons. The molecule has 0 aromatic heterocycles. The summed E-state index contributed by atoms with van der Waals surface area (Å²) in [7, 11) is 0. The summed E-state index contributed by atoms with van der Waals surface area (Å²) < 4.78 is 4.37.